The monoisotopic (exact) mass is 439 g/mol. The topological polar surface area (TPSA) is 70.8 Å². The number of carbonyl (C=O) groups excluding carboxylic acids is 2. The minimum absolute atomic E-state index is 0.00840. The van der Waals surface area contributed by atoms with E-state index in [0.29, 0.717) is 24.3 Å². The van der Waals surface area contributed by atoms with Gasteiger partial charge in [-0.1, -0.05) is 30.3 Å². The summed E-state index contributed by atoms with van der Waals surface area (Å²) in [6.45, 7) is 1.06. The second-order valence-electron chi connectivity index (χ2n) is 8.28. The van der Waals surface area contributed by atoms with Gasteiger partial charge in [-0.2, -0.15) is 0 Å². The molecule has 0 bridgehead atoms. The number of rotatable bonds is 5. The fourth-order valence-electron chi connectivity index (χ4n) is 4.47. The van der Waals surface area contributed by atoms with Gasteiger partial charge in [0.25, 0.3) is 11.8 Å². The molecule has 1 aliphatic rings. The first-order valence-corrected chi connectivity index (χ1v) is 11.1. The molecule has 7 heteroatoms. The van der Waals surface area contributed by atoms with Gasteiger partial charge in [-0.3, -0.25) is 14.6 Å². The summed E-state index contributed by atoms with van der Waals surface area (Å²) in [6.07, 6.45) is 5.34. The lowest BCUT2D eigenvalue weighted by molar-refractivity contribution is 0.0729. The maximum absolute atomic E-state index is 13.4. The molecule has 1 fully saturated rings. The third kappa shape index (κ3) is 3.98. The first-order valence-electron chi connectivity index (χ1n) is 11.1. The van der Waals surface area contributed by atoms with Gasteiger partial charge in [0.1, 0.15) is 5.82 Å². The van der Waals surface area contributed by atoms with Crippen molar-refractivity contribution in [3.63, 3.8) is 0 Å². The number of aromatic nitrogens is 3. The highest BCUT2D eigenvalue weighted by Crippen LogP contribution is 2.34. The van der Waals surface area contributed by atoms with Gasteiger partial charge >= 0.3 is 0 Å². The van der Waals surface area contributed by atoms with Gasteiger partial charge in [-0.05, 0) is 49.2 Å². The van der Waals surface area contributed by atoms with E-state index in [1.807, 2.05) is 82.2 Å². The van der Waals surface area contributed by atoms with Crippen molar-refractivity contribution in [2.24, 2.45) is 0 Å². The zero-order chi connectivity index (χ0) is 22.8. The van der Waals surface area contributed by atoms with Crippen LogP contribution in [0, 0.1) is 0 Å². The molecular weight excluding hydrogens is 414 g/mol. The Morgan fingerprint density at radius 1 is 1.03 bits per heavy atom. The van der Waals surface area contributed by atoms with E-state index in [0.717, 1.165) is 29.9 Å². The molecule has 7 nitrogen and oxygen atoms in total. The first kappa shape index (κ1) is 20.9. The third-order valence-corrected chi connectivity index (χ3v) is 6.08. The molecule has 0 spiro atoms. The lowest BCUT2D eigenvalue weighted by Crippen LogP contribution is -2.31. The molecule has 3 aromatic heterocycles. The molecule has 1 atom stereocenters. The minimum atomic E-state index is -0.185. The predicted molar refractivity (Wildman–Crippen MR) is 125 cm³/mol. The van der Waals surface area contributed by atoms with Crippen LogP contribution in [-0.2, 0) is 6.54 Å². The summed E-state index contributed by atoms with van der Waals surface area (Å²) in [4.78, 5) is 39.2. The zero-order valence-electron chi connectivity index (χ0n) is 18.5. The summed E-state index contributed by atoms with van der Waals surface area (Å²) in [6, 6.07) is 20.5. The van der Waals surface area contributed by atoms with Crippen molar-refractivity contribution in [3.8, 4) is 0 Å². The van der Waals surface area contributed by atoms with E-state index in [9.17, 15) is 9.59 Å². The number of carbonyl (C=O) groups is 2. The van der Waals surface area contributed by atoms with Gasteiger partial charge < -0.3 is 14.2 Å². The second-order valence-corrected chi connectivity index (χ2v) is 8.28. The van der Waals surface area contributed by atoms with E-state index in [2.05, 4.69) is 4.98 Å². The van der Waals surface area contributed by atoms with Crippen LogP contribution in [0.1, 0.15) is 51.2 Å². The highest BCUT2D eigenvalue weighted by molar-refractivity contribution is 5.99. The standard InChI is InChI=1S/C26H25N5O2/c1-29(18-20-12-5-7-15-27-20)26(33)23-21-13-6-8-16-30(21)24(28-23)22-14-9-17-31(22)25(32)19-10-3-2-4-11-19/h2-8,10-13,15-16,22H,9,14,17-18H2,1H3/t22-/m1/s1. The number of hydrogen-bond donors (Lipinski definition) is 0. The highest BCUT2D eigenvalue weighted by Gasteiger charge is 2.35. The number of amides is 2. The van der Waals surface area contributed by atoms with Crippen LogP contribution in [0.25, 0.3) is 5.52 Å². The molecule has 0 N–H and O–H groups in total. The number of hydrogen-bond acceptors (Lipinski definition) is 4. The van der Waals surface area contributed by atoms with E-state index in [1.165, 1.54) is 0 Å². The SMILES string of the molecule is CN(Cc1ccccn1)C(=O)c1nc([C@H]2CCCN2C(=O)c2ccccc2)n2ccccc12. The van der Waals surface area contributed by atoms with Crippen LogP contribution in [0.3, 0.4) is 0 Å². The first-order chi connectivity index (χ1) is 16.1. The van der Waals surface area contributed by atoms with Crippen molar-refractivity contribution in [1.82, 2.24) is 24.2 Å². The summed E-state index contributed by atoms with van der Waals surface area (Å²) >= 11 is 0. The van der Waals surface area contributed by atoms with Crippen molar-refractivity contribution >= 4 is 17.3 Å². The summed E-state index contributed by atoms with van der Waals surface area (Å²) in [5.74, 6) is 0.544. The van der Waals surface area contributed by atoms with Crippen LogP contribution < -0.4 is 0 Å². The largest absolute Gasteiger partial charge is 0.334 e. The highest BCUT2D eigenvalue weighted by atomic mass is 16.2. The Bertz CT molecular complexity index is 1290. The molecule has 1 aliphatic heterocycles. The molecule has 166 valence electrons. The molecule has 0 unspecified atom stereocenters. The third-order valence-electron chi connectivity index (χ3n) is 6.08. The molecule has 33 heavy (non-hydrogen) atoms. The number of benzene rings is 1. The Balaban J connectivity index is 1.48. The van der Waals surface area contributed by atoms with E-state index >= 15 is 0 Å². The fourth-order valence-corrected chi connectivity index (χ4v) is 4.47. The van der Waals surface area contributed by atoms with Crippen molar-refractivity contribution in [2.45, 2.75) is 25.4 Å². The quantitative estimate of drug-likeness (QED) is 0.472. The molecule has 2 amide bonds. The van der Waals surface area contributed by atoms with Crippen molar-refractivity contribution in [1.29, 1.82) is 0 Å². The van der Waals surface area contributed by atoms with Crippen LogP contribution in [0.15, 0.2) is 79.1 Å². The number of imidazole rings is 1. The normalized spacial score (nSPS) is 15.7. The van der Waals surface area contributed by atoms with Gasteiger partial charge in [0.05, 0.1) is 23.8 Å². The summed E-state index contributed by atoms with van der Waals surface area (Å²) < 4.78 is 1.95. The van der Waals surface area contributed by atoms with E-state index in [4.69, 9.17) is 4.98 Å². The van der Waals surface area contributed by atoms with E-state index < -0.39 is 0 Å². The molecule has 4 heterocycles. The molecule has 4 aromatic rings. The van der Waals surface area contributed by atoms with Gasteiger partial charge in [-0.15, -0.1) is 0 Å². The maximum Gasteiger partial charge on any atom is 0.274 e. The molecule has 1 aromatic carbocycles. The average molecular weight is 440 g/mol. The van der Waals surface area contributed by atoms with E-state index in [-0.39, 0.29) is 17.9 Å². The molecule has 0 aliphatic carbocycles. The smallest absolute Gasteiger partial charge is 0.274 e. The maximum atomic E-state index is 13.4. The zero-order valence-corrected chi connectivity index (χ0v) is 18.5. The van der Waals surface area contributed by atoms with Crippen LogP contribution in [0.4, 0.5) is 0 Å². The van der Waals surface area contributed by atoms with Gasteiger partial charge in [0, 0.05) is 31.5 Å². The molecular formula is C26H25N5O2. The summed E-state index contributed by atoms with van der Waals surface area (Å²) in [5, 5.41) is 0. The summed E-state index contributed by atoms with van der Waals surface area (Å²) in [7, 11) is 1.76. The summed E-state index contributed by atoms with van der Waals surface area (Å²) in [5.41, 5.74) is 2.61. The number of nitrogens with zero attached hydrogens (tertiary/aromatic N) is 5. The Kier molecular flexibility index (Phi) is 5.60. The van der Waals surface area contributed by atoms with Crippen LogP contribution in [-0.4, -0.2) is 49.6 Å². The van der Waals surface area contributed by atoms with Gasteiger partial charge in [0.2, 0.25) is 0 Å². The van der Waals surface area contributed by atoms with Crippen LogP contribution >= 0.6 is 0 Å². The predicted octanol–water partition coefficient (Wildman–Crippen LogP) is 3.98. The molecule has 0 radical (unpaired) electrons. The number of fused-ring (bicyclic) bond motifs is 1. The number of likely N-dealkylation sites (tertiary alicyclic amines) is 1. The molecule has 5 rings (SSSR count). The Hall–Kier alpha value is -4.00. The van der Waals surface area contributed by atoms with Crippen molar-refractivity contribution in [2.75, 3.05) is 13.6 Å². The number of pyridine rings is 2. The minimum Gasteiger partial charge on any atom is -0.334 e. The Labute approximate surface area is 192 Å². The Morgan fingerprint density at radius 2 is 1.82 bits per heavy atom. The van der Waals surface area contributed by atoms with E-state index in [1.54, 1.807) is 18.1 Å². The lowest BCUT2D eigenvalue weighted by atomic mass is 10.1. The van der Waals surface area contributed by atoms with Gasteiger partial charge in [0.15, 0.2) is 5.69 Å². The van der Waals surface area contributed by atoms with Crippen molar-refractivity contribution < 1.29 is 9.59 Å². The van der Waals surface area contributed by atoms with Crippen molar-refractivity contribution in [3.05, 3.63) is 102 Å². The lowest BCUT2D eigenvalue weighted by Gasteiger charge is -2.24. The van der Waals surface area contributed by atoms with Crippen LogP contribution in [0.2, 0.25) is 0 Å². The molecule has 1 saturated heterocycles. The average Bonchev–Trinajstić information content (AvgIpc) is 3.49. The second kappa shape index (κ2) is 8.86. The van der Waals surface area contributed by atoms with Crippen LogP contribution in [0.5, 0.6) is 0 Å². The fraction of sp³-hybridized carbons (Fsp3) is 0.231. The van der Waals surface area contributed by atoms with Gasteiger partial charge in [-0.25, -0.2) is 4.98 Å². The Morgan fingerprint density at radius 3 is 2.61 bits per heavy atom. The molecule has 0 saturated carbocycles.